The van der Waals surface area contributed by atoms with Crippen LogP contribution < -0.4 is 16.4 Å². The predicted molar refractivity (Wildman–Crippen MR) is 145 cm³/mol. The summed E-state index contributed by atoms with van der Waals surface area (Å²) in [7, 11) is 0. The minimum Gasteiger partial charge on any atom is -0.381 e. The van der Waals surface area contributed by atoms with Crippen molar-refractivity contribution in [1.82, 2.24) is 15.5 Å². The van der Waals surface area contributed by atoms with Gasteiger partial charge < -0.3 is 31.1 Å². The second kappa shape index (κ2) is 9.79. The van der Waals surface area contributed by atoms with E-state index in [1.54, 1.807) is 0 Å². The van der Waals surface area contributed by atoms with E-state index in [0.29, 0.717) is 32.6 Å². The molecule has 11 nitrogen and oxygen atoms in total. The Balaban J connectivity index is 1.65. The van der Waals surface area contributed by atoms with Gasteiger partial charge in [0.1, 0.15) is 17.7 Å². The number of nitrogens with zero attached hydrogens (tertiary/aromatic N) is 1. The Morgan fingerprint density at radius 1 is 1.02 bits per heavy atom. The van der Waals surface area contributed by atoms with Crippen molar-refractivity contribution in [2.45, 2.75) is 104 Å². The van der Waals surface area contributed by atoms with E-state index in [1.165, 1.54) is 18.7 Å². The highest BCUT2D eigenvalue weighted by molar-refractivity contribution is 6.37. The van der Waals surface area contributed by atoms with Crippen molar-refractivity contribution in [1.29, 1.82) is 0 Å². The number of amides is 4. The average molecular weight is 563 g/mol. The summed E-state index contributed by atoms with van der Waals surface area (Å²) in [6.07, 6.45) is 3.57. The van der Waals surface area contributed by atoms with Gasteiger partial charge in [0, 0.05) is 17.4 Å². The first-order valence-corrected chi connectivity index (χ1v) is 14.3. The van der Waals surface area contributed by atoms with E-state index in [4.69, 9.17) is 10.5 Å². The van der Waals surface area contributed by atoms with Gasteiger partial charge in [-0.15, -0.1) is 0 Å². The predicted octanol–water partition coefficient (Wildman–Crippen LogP) is 0.661. The van der Waals surface area contributed by atoms with E-state index in [1.807, 2.05) is 20.8 Å². The molecular weight excluding hydrogens is 516 g/mol. The monoisotopic (exact) mass is 562 g/mol. The molecule has 0 radical (unpaired) electrons. The third-order valence-electron chi connectivity index (χ3n) is 10.5. The van der Waals surface area contributed by atoms with Crippen LogP contribution in [0.25, 0.3) is 0 Å². The van der Waals surface area contributed by atoms with Gasteiger partial charge in [-0.1, -0.05) is 53.9 Å². The standard InChI is InChI=1S/C29H46N4O7/c1-25(2,3)20(32-24(38)26(4,5)39)23(37)33-13-28(27(6,7)29(28)14-40-15-29)12-18(33)22(36)31-17(19(34)21(30)35)11-16-9-8-10-16/h16-18,20,39H,8-15H2,1-7H3,(H2,30,35)(H,31,36)(H,32,38)/t17?,18-,20+,28?/m0/s1. The summed E-state index contributed by atoms with van der Waals surface area (Å²) in [5.41, 5.74) is 2.12. The summed E-state index contributed by atoms with van der Waals surface area (Å²) >= 11 is 0. The number of ketones is 1. The molecule has 4 atom stereocenters. The first-order valence-electron chi connectivity index (χ1n) is 14.3. The molecule has 0 aromatic rings. The third kappa shape index (κ3) is 4.72. The second-order valence-corrected chi connectivity index (χ2v) is 14.6. The van der Waals surface area contributed by atoms with E-state index in [0.717, 1.165) is 19.3 Å². The minimum absolute atomic E-state index is 0.171. The molecule has 2 saturated carbocycles. The Morgan fingerprint density at radius 2 is 1.62 bits per heavy atom. The molecule has 4 amide bonds. The van der Waals surface area contributed by atoms with E-state index in [2.05, 4.69) is 24.5 Å². The lowest BCUT2D eigenvalue weighted by atomic mass is 9.80. The van der Waals surface area contributed by atoms with Crippen LogP contribution in [0.15, 0.2) is 0 Å². The maximum atomic E-state index is 14.3. The highest BCUT2D eigenvalue weighted by Gasteiger charge is 2.86. The van der Waals surface area contributed by atoms with Crippen LogP contribution in [-0.2, 0) is 28.7 Å². The molecule has 2 saturated heterocycles. The van der Waals surface area contributed by atoms with Crippen LogP contribution >= 0.6 is 0 Å². The van der Waals surface area contributed by atoms with Crippen molar-refractivity contribution in [2.24, 2.45) is 33.3 Å². The number of likely N-dealkylation sites (tertiary alicyclic amines) is 1. The fraction of sp³-hybridized carbons (Fsp3) is 0.828. The number of ether oxygens (including phenoxy) is 1. The highest BCUT2D eigenvalue weighted by Crippen LogP contribution is 2.84. The molecule has 2 aliphatic heterocycles. The van der Waals surface area contributed by atoms with Gasteiger partial charge in [0.15, 0.2) is 0 Å². The smallest absolute Gasteiger partial charge is 0.287 e. The summed E-state index contributed by atoms with van der Waals surface area (Å²) in [5.74, 6) is -3.36. The Morgan fingerprint density at radius 3 is 2.02 bits per heavy atom. The van der Waals surface area contributed by atoms with Gasteiger partial charge in [0.05, 0.1) is 19.3 Å². The molecule has 2 unspecified atom stereocenters. The number of nitrogens with two attached hydrogens (primary N) is 1. The van der Waals surface area contributed by atoms with Crippen LogP contribution in [0.1, 0.15) is 80.6 Å². The van der Waals surface area contributed by atoms with Gasteiger partial charge >= 0.3 is 0 Å². The van der Waals surface area contributed by atoms with Crippen LogP contribution in [0.2, 0.25) is 0 Å². The largest absolute Gasteiger partial charge is 0.381 e. The Bertz CT molecular complexity index is 1100. The topological polar surface area (TPSA) is 168 Å². The van der Waals surface area contributed by atoms with Crippen LogP contribution in [0.5, 0.6) is 0 Å². The first-order chi connectivity index (χ1) is 18.3. The highest BCUT2D eigenvalue weighted by atomic mass is 16.5. The molecule has 11 heteroatoms. The van der Waals surface area contributed by atoms with Crippen molar-refractivity contribution < 1.29 is 33.8 Å². The van der Waals surface area contributed by atoms with Crippen molar-refractivity contribution in [3.8, 4) is 0 Å². The molecule has 4 aliphatic rings. The molecule has 2 aliphatic carbocycles. The van der Waals surface area contributed by atoms with Crippen molar-refractivity contribution in [3.63, 3.8) is 0 Å². The van der Waals surface area contributed by atoms with E-state index in [9.17, 15) is 29.1 Å². The van der Waals surface area contributed by atoms with Crippen molar-refractivity contribution in [2.75, 3.05) is 19.8 Å². The van der Waals surface area contributed by atoms with Gasteiger partial charge in [0.2, 0.25) is 17.6 Å². The SMILES string of the molecule is CC(C)(O)C(=O)N[C@H](C(=O)N1CC2(C[C@H]1C(=O)NC(CC1CCC1)C(=O)C(N)=O)C(C)(C)C21COC1)C(C)(C)C. The van der Waals surface area contributed by atoms with E-state index in [-0.39, 0.29) is 22.2 Å². The summed E-state index contributed by atoms with van der Waals surface area (Å²) in [6.45, 7) is 13.8. The molecule has 2 heterocycles. The molecule has 4 rings (SSSR count). The van der Waals surface area contributed by atoms with E-state index >= 15 is 0 Å². The summed E-state index contributed by atoms with van der Waals surface area (Å²) in [5, 5.41) is 15.8. The zero-order valence-corrected chi connectivity index (χ0v) is 24.9. The summed E-state index contributed by atoms with van der Waals surface area (Å²) < 4.78 is 5.61. The fourth-order valence-corrected chi connectivity index (χ4v) is 7.23. The normalized spacial score (nSPS) is 28.3. The fourth-order valence-electron chi connectivity index (χ4n) is 7.23. The van der Waals surface area contributed by atoms with Gasteiger partial charge in [-0.25, -0.2) is 0 Å². The van der Waals surface area contributed by atoms with Crippen molar-refractivity contribution >= 4 is 29.4 Å². The lowest BCUT2D eigenvalue weighted by molar-refractivity contribution is -0.148. The Hall–Kier alpha value is -2.53. The Kier molecular flexibility index (Phi) is 7.45. The molecule has 0 aromatic carbocycles. The number of carbonyl (C=O) groups is 5. The lowest BCUT2D eigenvalue weighted by Crippen LogP contribution is -2.61. The number of primary amides is 1. The van der Waals surface area contributed by atoms with E-state index < -0.39 is 58.6 Å². The second-order valence-electron chi connectivity index (χ2n) is 14.6. The maximum Gasteiger partial charge on any atom is 0.287 e. The molecule has 5 N–H and O–H groups in total. The summed E-state index contributed by atoms with van der Waals surface area (Å²) in [4.78, 5) is 66.9. The molecule has 224 valence electrons. The number of hydrogen-bond acceptors (Lipinski definition) is 7. The van der Waals surface area contributed by atoms with Gasteiger partial charge in [-0.05, 0) is 43.4 Å². The zero-order valence-electron chi connectivity index (χ0n) is 24.9. The number of aliphatic hydroxyl groups is 1. The molecule has 40 heavy (non-hydrogen) atoms. The maximum absolute atomic E-state index is 14.3. The number of Topliss-reactive ketones (excluding diaryl/α,β-unsaturated/α-hetero) is 1. The molecule has 0 aromatic heterocycles. The van der Waals surface area contributed by atoms with Crippen LogP contribution in [0.4, 0.5) is 0 Å². The molecule has 2 spiro atoms. The lowest BCUT2D eigenvalue weighted by Gasteiger charge is -2.37. The average Bonchev–Trinajstić information content (AvgIpc) is 3.02. The van der Waals surface area contributed by atoms with Crippen LogP contribution in [0, 0.1) is 27.6 Å². The number of carbonyl (C=O) groups excluding carboxylic acids is 5. The number of nitrogens with one attached hydrogen (secondary N) is 2. The minimum atomic E-state index is -1.71. The van der Waals surface area contributed by atoms with Gasteiger partial charge in [-0.2, -0.15) is 0 Å². The molecular formula is C29H46N4O7. The molecule has 0 bridgehead atoms. The van der Waals surface area contributed by atoms with Crippen LogP contribution in [0.3, 0.4) is 0 Å². The van der Waals surface area contributed by atoms with Gasteiger partial charge in [0.25, 0.3) is 11.8 Å². The van der Waals surface area contributed by atoms with Crippen molar-refractivity contribution in [3.05, 3.63) is 0 Å². The number of hydrogen-bond donors (Lipinski definition) is 4. The quantitative estimate of drug-likeness (QED) is 0.299. The number of fused-ring (bicyclic) bond motifs is 1. The van der Waals surface area contributed by atoms with Gasteiger partial charge in [-0.3, -0.25) is 24.0 Å². The summed E-state index contributed by atoms with van der Waals surface area (Å²) in [6, 6.07) is -2.99. The third-order valence-corrected chi connectivity index (χ3v) is 10.5. The molecule has 4 fully saturated rings. The van der Waals surface area contributed by atoms with Crippen LogP contribution in [-0.4, -0.2) is 82.9 Å². The zero-order chi connectivity index (χ0) is 30.1. The Labute approximate surface area is 236 Å². The number of rotatable bonds is 9. The first kappa shape index (κ1) is 30.4.